The molecule has 1 saturated heterocycles. The van der Waals surface area contributed by atoms with E-state index in [0.29, 0.717) is 5.56 Å². The first-order valence-electron chi connectivity index (χ1n) is 6.39. The van der Waals surface area contributed by atoms with Crippen molar-refractivity contribution in [2.45, 2.75) is 31.0 Å². The van der Waals surface area contributed by atoms with Gasteiger partial charge in [-0.3, -0.25) is 0 Å². The summed E-state index contributed by atoms with van der Waals surface area (Å²) in [5.41, 5.74) is -1.63. The quantitative estimate of drug-likeness (QED) is 0.522. The van der Waals surface area contributed by atoms with Crippen LogP contribution in [-0.2, 0) is 9.47 Å². The minimum absolute atomic E-state index is 0.340. The lowest BCUT2D eigenvalue weighted by Crippen LogP contribution is -2.48. The van der Waals surface area contributed by atoms with E-state index >= 15 is 0 Å². The number of aliphatic hydroxyl groups excluding tert-OH is 2. The smallest absolute Gasteiger partial charge is 0.338 e. The molecule has 6 heteroatoms. The summed E-state index contributed by atoms with van der Waals surface area (Å²) in [6.45, 7) is 1.13. The van der Waals surface area contributed by atoms with Crippen LogP contribution in [-0.4, -0.2) is 52.0 Å². The average molecular weight is 292 g/mol. The van der Waals surface area contributed by atoms with Gasteiger partial charge >= 0.3 is 5.97 Å². The first kappa shape index (κ1) is 15.5. The van der Waals surface area contributed by atoms with Crippen molar-refractivity contribution in [3.8, 4) is 11.8 Å². The first-order chi connectivity index (χ1) is 9.99. The minimum atomic E-state index is -1.98. The molecule has 1 aliphatic heterocycles. The molecule has 1 fully saturated rings. The third-order valence-electron chi connectivity index (χ3n) is 3.22. The summed E-state index contributed by atoms with van der Waals surface area (Å²) < 4.78 is 10.0. The largest absolute Gasteiger partial charge is 0.459 e. The number of esters is 1. The van der Waals surface area contributed by atoms with Crippen molar-refractivity contribution in [2.24, 2.45) is 0 Å². The van der Waals surface area contributed by atoms with Crippen LogP contribution in [0, 0.1) is 11.8 Å². The zero-order valence-corrected chi connectivity index (χ0v) is 11.4. The van der Waals surface area contributed by atoms with Gasteiger partial charge in [0.25, 0.3) is 0 Å². The van der Waals surface area contributed by atoms with Crippen LogP contribution in [0.15, 0.2) is 30.3 Å². The van der Waals surface area contributed by atoms with E-state index in [2.05, 4.69) is 11.8 Å². The van der Waals surface area contributed by atoms with Gasteiger partial charge < -0.3 is 24.8 Å². The van der Waals surface area contributed by atoms with E-state index < -0.39 is 30.1 Å². The zero-order chi connectivity index (χ0) is 15.5. The predicted octanol–water partition coefficient (Wildman–Crippen LogP) is -0.324. The Kier molecular flexibility index (Phi) is 4.60. The van der Waals surface area contributed by atoms with E-state index in [1.807, 2.05) is 0 Å². The molecular weight excluding hydrogens is 276 g/mol. The fourth-order valence-electron chi connectivity index (χ4n) is 2.08. The van der Waals surface area contributed by atoms with Gasteiger partial charge in [-0.1, -0.05) is 24.1 Å². The summed E-state index contributed by atoms with van der Waals surface area (Å²) in [5, 5.41) is 29.5. The summed E-state index contributed by atoms with van der Waals surface area (Å²) in [4.78, 5) is 11.8. The predicted molar refractivity (Wildman–Crippen MR) is 72.0 cm³/mol. The van der Waals surface area contributed by atoms with Crippen LogP contribution in [0.4, 0.5) is 0 Å². The van der Waals surface area contributed by atoms with Gasteiger partial charge in [0.2, 0.25) is 0 Å². The van der Waals surface area contributed by atoms with E-state index in [4.69, 9.17) is 9.47 Å². The number of hydrogen-bond donors (Lipinski definition) is 3. The molecule has 0 aliphatic carbocycles. The Balaban J connectivity index is 2.05. The Hall–Kier alpha value is -1.91. The van der Waals surface area contributed by atoms with E-state index in [-0.39, 0.29) is 6.61 Å². The van der Waals surface area contributed by atoms with Crippen molar-refractivity contribution in [1.82, 2.24) is 0 Å². The lowest BCUT2D eigenvalue weighted by Gasteiger charge is -2.24. The van der Waals surface area contributed by atoms with Crippen molar-refractivity contribution >= 4 is 5.97 Å². The van der Waals surface area contributed by atoms with Gasteiger partial charge in [0.1, 0.15) is 18.8 Å². The van der Waals surface area contributed by atoms with Crippen molar-refractivity contribution < 1.29 is 29.6 Å². The molecule has 0 unspecified atom stereocenters. The molecule has 6 nitrogen and oxygen atoms in total. The van der Waals surface area contributed by atoms with Gasteiger partial charge in [-0.25, -0.2) is 4.79 Å². The summed E-state index contributed by atoms with van der Waals surface area (Å²) in [6, 6.07) is 8.31. The molecule has 3 N–H and O–H groups in total. The van der Waals surface area contributed by atoms with Crippen molar-refractivity contribution in [1.29, 1.82) is 0 Å². The second-order valence-electron chi connectivity index (χ2n) is 4.62. The van der Waals surface area contributed by atoms with Crippen molar-refractivity contribution in [3.63, 3.8) is 0 Å². The Morgan fingerprint density at radius 1 is 1.38 bits per heavy atom. The van der Waals surface area contributed by atoms with Gasteiger partial charge in [-0.05, 0) is 19.1 Å². The lowest BCUT2D eigenvalue weighted by molar-refractivity contribution is -0.133. The Labute approximate surface area is 121 Å². The van der Waals surface area contributed by atoms with Crippen LogP contribution in [0.1, 0.15) is 17.3 Å². The number of aliphatic hydroxyl groups is 3. The van der Waals surface area contributed by atoms with Crippen LogP contribution < -0.4 is 0 Å². The summed E-state index contributed by atoms with van der Waals surface area (Å²) in [6.07, 6.45) is -4.32. The highest BCUT2D eigenvalue weighted by atomic mass is 16.7. The number of hydrogen-bond acceptors (Lipinski definition) is 6. The molecule has 0 radical (unpaired) electrons. The molecule has 0 amide bonds. The van der Waals surface area contributed by atoms with Crippen molar-refractivity contribution in [3.05, 3.63) is 35.9 Å². The second kappa shape index (κ2) is 6.24. The zero-order valence-electron chi connectivity index (χ0n) is 11.4. The number of rotatable bonds is 3. The summed E-state index contributed by atoms with van der Waals surface area (Å²) >= 11 is 0. The van der Waals surface area contributed by atoms with Crippen molar-refractivity contribution in [2.75, 3.05) is 6.61 Å². The van der Waals surface area contributed by atoms with Gasteiger partial charge in [-0.15, -0.1) is 5.92 Å². The maximum absolute atomic E-state index is 11.8. The van der Waals surface area contributed by atoms with Crippen LogP contribution in [0.5, 0.6) is 0 Å². The molecule has 0 bridgehead atoms. The molecule has 1 heterocycles. The molecule has 21 heavy (non-hydrogen) atoms. The number of carbonyl (C=O) groups is 1. The minimum Gasteiger partial charge on any atom is -0.459 e. The fourth-order valence-corrected chi connectivity index (χ4v) is 2.08. The van der Waals surface area contributed by atoms with E-state index in [1.54, 1.807) is 30.3 Å². The lowest BCUT2D eigenvalue weighted by atomic mass is 9.93. The van der Waals surface area contributed by atoms with E-state index in [9.17, 15) is 20.1 Å². The highest BCUT2D eigenvalue weighted by Crippen LogP contribution is 2.30. The topological polar surface area (TPSA) is 96.2 Å². The van der Waals surface area contributed by atoms with Gasteiger partial charge in [0, 0.05) is 0 Å². The molecule has 2 rings (SSSR count). The first-order valence-corrected chi connectivity index (χ1v) is 6.39. The summed E-state index contributed by atoms with van der Waals surface area (Å²) in [5.74, 6) is 4.26. The molecule has 0 saturated carbocycles. The monoisotopic (exact) mass is 292 g/mol. The van der Waals surface area contributed by atoms with Crippen LogP contribution in [0.3, 0.4) is 0 Å². The number of benzene rings is 1. The Morgan fingerprint density at radius 2 is 2.05 bits per heavy atom. The standard InChI is InChI=1S/C15H16O6/c1-2-8-15(19)11(21-14(18)12(15)16)9-20-13(17)10-6-4-3-5-7-10/h3-7,11-12,14,16,18-19H,9H2,1H3/t11-,12+,14+,15-/m1/s1. The third-order valence-corrected chi connectivity index (χ3v) is 3.22. The van der Waals surface area contributed by atoms with Gasteiger partial charge in [0.05, 0.1) is 5.56 Å². The molecule has 4 atom stereocenters. The van der Waals surface area contributed by atoms with Crippen LogP contribution >= 0.6 is 0 Å². The molecule has 1 aromatic carbocycles. The highest BCUT2D eigenvalue weighted by molar-refractivity contribution is 5.89. The van der Waals surface area contributed by atoms with Crippen LogP contribution in [0.25, 0.3) is 0 Å². The van der Waals surface area contributed by atoms with E-state index in [1.165, 1.54) is 6.92 Å². The van der Waals surface area contributed by atoms with E-state index in [0.717, 1.165) is 0 Å². The Bertz CT molecular complexity index is 561. The second-order valence-corrected chi connectivity index (χ2v) is 4.62. The highest BCUT2D eigenvalue weighted by Gasteiger charge is 2.54. The normalized spacial score (nSPS) is 31.3. The average Bonchev–Trinajstić information content (AvgIpc) is 2.70. The molecule has 112 valence electrons. The molecular formula is C15H16O6. The molecule has 1 aromatic rings. The van der Waals surface area contributed by atoms with Crippen LogP contribution in [0.2, 0.25) is 0 Å². The fraction of sp³-hybridized carbons (Fsp3) is 0.400. The SMILES string of the molecule is CC#C[C@@]1(O)[C@@H](COC(=O)c2ccccc2)O[C@H](O)[C@@H]1O. The molecule has 1 aliphatic rings. The molecule has 0 aromatic heterocycles. The third kappa shape index (κ3) is 3.06. The number of ether oxygens (including phenoxy) is 2. The molecule has 0 spiro atoms. The summed E-state index contributed by atoms with van der Waals surface area (Å²) in [7, 11) is 0. The van der Waals surface area contributed by atoms with Gasteiger partial charge in [-0.2, -0.15) is 0 Å². The number of carbonyl (C=O) groups excluding carboxylic acids is 1. The maximum atomic E-state index is 11.8. The maximum Gasteiger partial charge on any atom is 0.338 e. The Morgan fingerprint density at radius 3 is 2.67 bits per heavy atom. The van der Waals surface area contributed by atoms with Gasteiger partial charge in [0.15, 0.2) is 11.9 Å².